The van der Waals surface area contributed by atoms with Gasteiger partial charge >= 0.3 is 5.97 Å². The molecule has 0 heterocycles. The van der Waals surface area contributed by atoms with Crippen molar-refractivity contribution in [1.29, 1.82) is 0 Å². The van der Waals surface area contributed by atoms with E-state index < -0.39 is 18.1 Å². The predicted molar refractivity (Wildman–Crippen MR) is 54.3 cm³/mol. The molecule has 0 aliphatic heterocycles. The lowest BCUT2D eigenvalue weighted by Gasteiger charge is -2.10. The van der Waals surface area contributed by atoms with E-state index in [0.29, 0.717) is 22.2 Å². The summed E-state index contributed by atoms with van der Waals surface area (Å²) in [5.74, 6) is -1.66. The maximum Gasteiger partial charge on any atom is 0.310 e. The van der Waals surface area contributed by atoms with E-state index >= 15 is 0 Å². The Hall–Kier alpha value is -0.960. The summed E-state index contributed by atoms with van der Waals surface area (Å²) in [6.45, 7) is 1.54. The third-order valence-corrected chi connectivity index (χ3v) is 2.46. The van der Waals surface area contributed by atoms with Gasteiger partial charge in [-0.25, -0.2) is 0 Å². The topological polar surface area (TPSA) is 37.3 Å². The smallest absolute Gasteiger partial charge is 0.310 e. The van der Waals surface area contributed by atoms with E-state index in [4.69, 9.17) is 9.22 Å². The fourth-order valence-corrected chi connectivity index (χ4v) is 1.57. The van der Waals surface area contributed by atoms with Crippen LogP contribution in [0.4, 0.5) is 0 Å². The SMILES string of the molecule is [2H]C([2H])([2H])Sc1ccccc1C(C)C(=O)O. The van der Waals surface area contributed by atoms with Crippen molar-refractivity contribution in [2.45, 2.75) is 17.7 Å². The molecule has 70 valence electrons. The molecule has 0 saturated carbocycles. The quantitative estimate of drug-likeness (QED) is 0.760. The molecule has 0 aromatic heterocycles. The molecule has 1 rings (SSSR count). The zero-order valence-corrected chi connectivity index (χ0v) is 7.97. The van der Waals surface area contributed by atoms with Gasteiger partial charge in [0.15, 0.2) is 0 Å². The predicted octanol–water partition coefficient (Wildman–Crippen LogP) is 2.60. The molecular formula is C10H12O2S. The largest absolute Gasteiger partial charge is 0.481 e. The summed E-state index contributed by atoms with van der Waals surface area (Å²) in [6, 6.07) is 6.68. The summed E-state index contributed by atoms with van der Waals surface area (Å²) >= 11 is 0.710. The lowest BCUT2D eigenvalue weighted by molar-refractivity contribution is -0.138. The molecule has 0 aliphatic carbocycles. The number of hydrogen-bond acceptors (Lipinski definition) is 2. The average molecular weight is 199 g/mol. The zero-order chi connectivity index (χ0) is 12.3. The lowest BCUT2D eigenvalue weighted by atomic mass is 10.0. The van der Waals surface area contributed by atoms with Crippen LogP contribution in [-0.2, 0) is 4.79 Å². The molecule has 0 fully saturated rings. The molecule has 0 aliphatic rings. The van der Waals surface area contributed by atoms with E-state index in [2.05, 4.69) is 0 Å². The van der Waals surface area contributed by atoms with Crippen molar-refractivity contribution in [2.24, 2.45) is 0 Å². The van der Waals surface area contributed by atoms with E-state index in [1.165, 1.54) is 0 Å². The number of rotatable bonds is 3. The molecule has 0 spiro atoms. The molecule has 0 amide bonds. The van der Waals surface area contributed by atoms with Gasteiger partial charge in [-0.15, -0.1) is 11.8 Å². The highest BCUT2D eigenvalue weighted by Gasteiger charge is 2.15. The molecule has 2 nitrogen and oxygen atoms in total. The van der Waals surface area contributed by atoms with Gasteiger partial charge in [-0.2, -0.15) is 0 Å². The molecule has 13 heavy (non-hydrogen) atoms. The van der Waals surface area contributed by atoms with Crippen molar-refractivity contribution in [3.05, 3.63) is 29.8 Å². The van der Waals surface area contributed by atoms with Crippen molar-refractivity contribution >= 4 is 17.7 Å². The van der Waals surface area contributed by atoms with Gasteiger partial charge in [0, 0.05) is 9.01 Å². The molecule has 1 unspecified atom stereocenters. The Kier molecular flexibility index (Phi) is 2.16. The maximum atomic E-state index is 10.9. The van der Waals surface area contributed by atoms with Crippen LogP contribution in [0, 0.1) is 0 Å². The second-order valence-corrected chi connectivity index (χ2v) is 3.34. The Morgan fingerprint density at radius 2 is 2.31 bits per heavy atom. The molecule has 1 aromatic rings. The van der Waals surface area contributed by atoms with E-state index in [9.17, 15) is 4.79 Å². The van der Waals surface area contributed by atoms with E-state index in [1.54, 1.807) is 31.2 Å². The van der Waals surface area contributed by atoms with Crippen LogP contribution in [0.2, 0.25) is 0 Å². The monoisotopic (exact) mass is 199 g/mol. The summed E-state index contributed by atoms with van der Waals surface area (Å²) < 4.78 is 21.5. The van der Waals surface area contributed by atoms with Gasteiger partial charge < -0.3 is 5.11 Å². The first-order chi connectivity index (χ1) is 7.31. The van der Waals surface area contributed by atoms with Gasteiger partial charge in [-0.3, -0.25) is 4.79 Å². The third kappa shape index (κ3) is 2.25. The minimum Gasteiger partial charge on any atom is -0.481 e. The van der Waals surface area contributed by atoms with Crippen LogP contribution in [-0.4, -0.2) is 17.3 Å². The normalized spacial score (nSPS) is 16.8. The summed E-state index contributed by atoms with van der Waals surface area (Å²) in [6.07, 6.45) is -2.16. The van der Waals surface area contributed by atoms with Gasteiger partial charge in [0.2, 0.25) is 0 Å². The molecule has 1 N–H and O–H groups in total. The number of carbonyl (C=O) groups is 1. The molecular weight excluding hydrogens is 184 g/mol. The van der Waals surface area contributed by atoms with Crippen LogP contribution in [0.3, 0.4) is 0 Å². The third-order valence-electron chi connectivity index (χ3n) is 1.87. The number of carboxylic acids is 1. The molecule has 0 bridgehead atoms. The number of carboxylic acid groups (broad SMARTS) is 1. The van der Waals surface area contributed by atoms with Crippen LogP contribution in [0.5, 0.6) is 0 Å². The first-order valence-corrected chi connectivity index (χ1v) is 4.63. The highest BCUT2D eigenvalue weighted by Crippen LogP contribution is 2.26. The highest BCUT2D eigenvalue weighted by molar-refractivity contribution is 7.98. The number of hydrogen-bond donors (Lipinski definition) is 1. The standard InChI is InChI=1S/C10H12O2S/c1-7(10(11)12)8-5-3-4-6-9(8)13-2/h3-7H,1-2H3,(H,11,12)/i2D3. The van der Waals surface area contributed by atoms with Crippen molar-refractivity contribution in [2.75, 3.05) is 6.18 Å². The lowest BCUT2D eigenvalue weighted by Crippen LogP contribution is -2.08. The maximum absolute atomic E-state index is 10.9. The van der Waals surface area contributed by atoms with Crippen LogP contribution in [0.15, 0.2) is 29.2 Å². The van der Waals surface area contributed by atoms with Gasteiger partial charge in [-0.05, 0) is 24.7 Å². The van der Waals surface area contributed by atoms with Crippen LogP contribution in [0.1, 0.15) is 22.5 Å². The van der Waals surface area contributed by atoms with Crippen molar-refractivity contribution in [3.8, 4) is 0 Å². The number of benzene rings is 1. The van der Waals surface area contributed by atoms with Gasteiger partial charge in [-0.1, -0.05) is 18.2 Å². The molecule has 1 aromatic carbocycles. The fraction of sp³-hybridized carbons (Fsp3) is 0.300. The Morgan fingerprint density at radius 1 is 1.62 bits per heavy atom. The molecule has 1 atom stereocenters. The van der Waals surface area contributed by atoms with Crippen molar-refractivity contribution in [1.82, 2.24) is 0 Å². The van der Waals surface area contributed by atoms with E-state index in [1.807, 2.05) is 0 Å². The van der Waals surface area contributed by atoms with Crippen LogP contribution < -0.4 is 0 Å². The van der Waals surface area contributed by atoms with Crippen molar-refractivity contribution in [3.63, 3.8) is 0 Å². The zero-order valence-electron chi connectivity index (χ0n) is 10.2. The first kappa shape index (κ1) is 6.49. The molecule has 0 radical (unpaired) electrons. The second kappa shape index (κ2) is 4.33. The summed E-state index contributed by atoms with van der Waals surface area (Å²) in [7, 11) is 0. The Labute approximate surface area is 86.2 Å². The van der Waals surface area contributed by atoms with Crippen LogP contribution in [0.25, 0.3) is 0 Å². The summed E-state index contributed by atoms with van der Waals surface area (Å²) in [5.41, 5.74) is 0.538. The summed E-state index contributed by atoms with van der Waals surface area (Å²) in [5, 5.41) is 8.91. The van der Waals surface area contributed by atoms with Crippen LogP contribution >= 0.6 is 11.8 Å². The minimum atomic E-state index is -2.16. The van der Waals surface area contributed by atoms with Gasteiger partial charge in [0.05, 0.1) is 5.92 Å². The minimum absolute atomic E-state index is 0.498. The first-order valence-electron chi connectivity index (χ1n) is 5.32. The summed E-state index contributed by atoms with van der Waals surface area (Å²) in [4.78, 5) is 11.4. The van der Waals surface area contributed by atoms with Gasteiger partial charge in [0.25, 0.3) is 0 Å². The second-order valence-electron chi connectivity index (χ2n) is 2.70. The van der Waals surface area contributed by atoms with Crippen molar-refractivity contribution < 1.29 is 14.0 Å². The van der Waals surface area contributed by atoms with E-state index in [0.717, 1.165) is 0 Å². The van der Waals surface area contributed by atoms with Gasteiger partial charge in [0.1, 0.15) is 0 Å². The fourth-order valence-electron chi connectivity index (χ4n) is 1.06. The average Bonchev–Trinajstić information content (AvgIpc) is 2.15. The van der Waals surface area contributed by atoms with E-state index in [-0.39, 0.29) is 0 Å². The molecule has 0 saturated heterocycles. The number of aliphatic carboxylic acids is 1. The Bertz CT molecular complexity index is 390. The number of thioether (sulfide) groups is 1. The Morgan fingerprint density at radius 3 is 2.92 bits per heavy atom. The Balaban J connectivity index is 3.05. The molecule has 3 heteroatoms. The highest BCUT2D eigenvalue weighted by atomic mass is 32.2.